The zero-order valence-electron chi connectivity index (χ0n) is 10.9. The van der Waals surface area contributed by atoms with Crippen LogP contribution in [0.15, 0.2) is 28.2 Å². The number of rotatable bonds is 7. The molecule has 0 fully saturated rings. The SMILES string of the molecule is CCCNc1ncc(S(=O)(=O)NCc2cscn2)cn1. The van der Waals surface area contributed by atoms with E-state index in [-0.39, 0.29) is 11.4 Å². The van der Waals surface area contributed by atoms with E-state index in [9.17, 15) is 8.42 Å². The molecule has 20 heavy (non-hydrogen) atoms. The number of hydrogen-bond acceptors (Lipinski definition) is 7. The van der Waals surface area contributed by atoms with E-state index < -0.39 is 10.0 Å². The van der Waals surface area contributed by atoms with Crippen LogP contribution in [0.1, 0.15) is 19.0 Å². The molecule has 2 N–H and O–H groups in total. The maximum Gasteiger partial charge on any atom is 0.244 e. The number of nitrogens with zero attached hydrogens (tertiary/aromatic N) is 3. The van der Waals surface area contributed by atoms with Crippen LogP contribution in [0.4, 0.5) is 5.95 Å². The summed E-state index contributed by atoms with van der Waals surface area (Å²) in [6.45, 7) is 2.92. The van der Waals surface area contributed by atoms with Gasteiger partial charge in [0.05, 0.1) is 30.1 Å². The molecule has 0 aliphatic rings. The highest BCUT2D eigenvalue weighted by molar-refractivity contribution is 7.89. The molecule has 7 nitrogen and oxygen atoms in total. The van der Waals surface area contributed by atoms with Crippen LogP contribution >= 0.6 is 11.3 Å². The van der Waals surface area contributed by atoms with E-state index in [1.54, 1.807) is 10.9 Å². The highest BCUT2D eigenvalue weighted by Crippen LogP contribution is 2.09. The highest BCUT2D eigenvalue weighted by Gasteiger charge is 2.15. The van der Waals surface area contributed by atoms with Crippen LogP contribution in [0.5, 0.6) is 0 Å². The molecule has 9 heteroatoms. The van der Waals surface area contributed by atoms with Gasteiger partial charge in [-0.2, -0.15) is 0 Å². The van der Waals surface area contributed by atoms with Gasteiger partial charge in [0.15, 0.2) is 0 Å². The molecule has 0 aliphatic carbocycles. The predicted octanol–water partition coefficient (Wildman–Crippen LogP) is 1.23. The lowest BCUT2D eigenvalue weighted by molar-refractivity contribution is 0.579. The van der Waals surface area contributed by atoms with Gasteiger partial charge in [0.2, 0.25) is 16.0 Å². The number of thiazole rings is 1. The fourth-order valence-corrected chi connectivity index (χ4v) is 2.81. The minimum Gasteiger partial charge on any atom is -0.354 e. The first-order chi connectivity index (χ1) is 9.62. The lowest BCUT2D eigenvalue weighted by Gasteiger charge is -2.06. The Kier molecular flexibility index (Phi) is 4.99. The van der Waals surface area contributed by atoms with Crippen molar-refractivity contribution in [2.75, 3.05) is 11.9 Å². The Morgan fingerprint density at radius 2 is 2.00 bits per heavy atom. The zero-order chi connectivity index (χ0) is 14.4. The quantitative estimate of drug-likeness (QED) is 0.798. The Morgan fingerprint density at radius 3 is 2.60 bits per heavy atom. The molecule has 0 saturated heterocycles. The molecule has 0 radical (unpaired) electrons. The van der Waals surface area contributed by atoms with Crippen molar-refractivity contribution in [1.82, 2.24) is 19.7 Å². The van der Waals surface area contributed by atoms with Crippen LogP contribution in [0.2, 0.25) is 0 Å². The fraction of sp³-hybridized carbons (Fsp3) is 0.364. The third kappa shape index (κ3) is 3.95. The molecule has 0 aromatic carbocycles. The summed E-state index contributed by atoms with van der Waals surface area (Å²) >= 11 is 1.42. The molecule has 0 spiro atoms. The van der Waals surface area contributed by atoms with Crippen molar-refractivity contribution >= 4 is 27.3 Å². The molecule has 2 aromatic rings. The second kappa shape index (κ2) is 6.73. The highest BCUT2D eigenvalue weighted by atomic mass is 32.2. The molecule has 0 aliphatic heterocycles. The zero-order valence-corrected chi connectivity index (χ0v) is 12.5. The molecule has 2 rings (SSSR count). The van der Waals surface area contributed by atoms with Crippen LogP contribution in [0.3, 0.4) is 0 Å². The molecule has 0 bridgehead atoms. The Balaban J connectivity index is 2.01. The summed E-state index contributed by atoms with van der Waals surface area (Å²) in [6, 6.07) is 0. The first-order valence-corrected chi connectivity index (χ1v) is 8.47. The van der Waals surface area contributed by atoms with Crippen molar-refractivity contribution in [3.8, 4) is 0 Å². The molecular formula is C11H15N5O2S2. The normalized spacial score (nSPS) is 11.4. The van der Waals surface area contributed by atoms with Gasteiger partial charge in [0.1, 0.15) is 4.90 Å². The molecule has 0 unspecified atom stereocenters. The molecule has 2 aromatic heterocycles. The summed E-state index contributed by atoms with van der Waals surface area (Å²) in [4.78, 5) is 12.0. The van der Waals surface area contributed by atoms with Gasteiger partial charge >= 0.3 is 0 Å². The van der Waals surface area contributed by atoms with E-state index in [1.165, 1.54) is 23.7 Å². The maximum absolute atomic E-state index is 12.0. The van der Waals surface area contributed by atoms with Gasteiger partial charge in [0, 0.05) is 11.9 Å². The van der Waals surface area contributed by atoms with Crippen LogP contribution in [-0.2, 0) is 16.6 Å². The Hall–Kier alpha value is -1.58. The summed E-state index contributed by atoms with van der Waals surface area (Å²) in [6.07, 6.45) is 3.52. The average Bonchev–Trinajstić information content (AvgIpc) is 2.97. The number of aromatic nitrogens is 3. The van der Waals surface area contributed by atoms with Crippen molar-refractivity contribution < 1.29 is 8.42 Å². The van der Waals surface area contributed by atoms with Crippen molar-refractivity contribution in [2.45, 2.75) is 24.8 Å². The van der Waals surface area contributed by atoms with Crippen molar-refractivity contribution in [3.63, 3.8) is 0 Å². The van der Waals surface area contributed by atoms with Crippen LogP contribution in [-0.4, -0.2) is 29.9 Å². The van der Waals surface area contributed by atoms with E-state index in [0.717, 1.165) is 13.0 Å². The molecule has 0 atom stereocenters. The summed E-state index contributed by atoms with van der Waals surface area (Å²) in [7, 11) is -3.61. The van der Waals surface area contributed by atoms with E-state index in [1.807, 2.05) is 6.92 Å². The number of nitrogens with one attached hydrogen (secondary N) is 2. The number of anilines is 1. The fourth-order valence-electron chi connectivity index (χ4n) is 1.36. The third-order valence-corrected chi connectivity index (χ3v) is 4.39. The third-order valence-electron chi connectivity index (χ3n) is 2.40. The number of sulfonamides is 1. The minimum absolute atomic E-state index is 0.0368. The lowest BCUT2D eigenvalue weighted by atomic mass is 10.5. The van der Waals surface area contributed by atoms with E-state index in [4.69, 9.17) is 0 Å². The van der Waals surface area contributed by atoms with Gasteiger partial charge in [-0.3, -0.25) is 0 Å². The van der Waals surface area contributed by atoms with Crippen LogP contribution in [0, 0.1) is 0 Å². The van der Waals surface area contributed by atoms with Gasteiger partial charge in [-0.05, 0) is 6.42 Å². The topological polar surface area (TPSA) is 96.9 Å². The van der Waals surface area contributed by atoms with Crippen LogP contribution in [0.25, 0.3) is 0 Å². The predicted molar refractivity (Wildman–Crippen MR) is 77.0 cm³/mol. The largest absolute Gasteiger partial charge is 0.354 e. The number of hydrogen-bond donors (Lipinski definition) is 2. The monoisotopic (exact) mass is 313 g/mol. The molecule has 0 amide bonds. The van der Waals surface area contributed by atoms with Crippen molar-refractivity contribution in [1.29, 1.82) is 0 Å². The average molecular weight is 313 g/mol. The lowest BCUT2D eigenvalue weighted by Crippen LogP contribution is -2.23. The Labute approximate surface area is 121 Å². The second-order valence-electron chi connectivity index (χ2n) is 3.97. The van der Waals surface area contributed by atoms with E-state index in [0.29, 0.717) is 11.6 Å². The van der Waals surface area contributed by atoms with E-state index in [2.05, 4.69) is 25.0 Å². The Morgan fingerprint density at radius 1 is 1.25 bits per heavy atom. The van der Waals surface area contributed by atoms with Gasteiger partial charge in [0.25, 0.3) is 0 Å². The van der Waals surface area contributed by atoms with Crippen molar-refractivity contribution in [2.24, 2.45) is 0 Å². The summed E-state index contributed by atoms with van der Waals surface area (Å²) in [5.41, 5.74) is 2.33. The van der Waals surface area contributed by atoms with Crippen LogP contribution < -0.4 is 10.0 Å². The molecule has 0 saturated carbocycles. The molecule has 2 heterocycles. The van der Waals surface area contributed by atoms with Gasteiger partial charge in [-0.1, -0.05) is 6.92 Å². The molecular weight excluding hydrogens is 298 g/mol. The van der Waals surface area contributed by atoms with Gasteiger partial charge in [-0.25, -0.2) is 28.1 Å². The first-order valence-electron chi connectivity index (χ1n) is 6.04. The minimum atomic E-state index is -3.61. The summed E-state index contributed by atoms with van der Waals surface area (Å²) in [5, 5.41) is 4.77. The smallest absolute Gasteiger partial charge is 0.244 e. The summed E-state index contributed by atoms with van der Waals surface area (Å²) < 4.78 is 26.5. The van der Waals surface area contributed by atoms with Crippen molar-refractivity contribution in [3.05, 3.63) is 29.0 Å². The van der Waals surface area contributed by atoms with E-state index >= 15 is 0 Å². The molecule has 108 valence electrons. The standard InChI is InChI=1S/C11H15N5O2S2/c1-2-3-12-11-13-5-10(6-14-11)20(17,18)16-4-9-7-19-8-15-9/h5-8,16H,2-4H2,1H3,(H,12,13,14). The first kappa shape index (κ1) is 14.8. The summed E-state index contributed by atoms with van der Waals surface area (Å²) in [5.74, 6) is 0.422. The Bertz CT molecular complexity index is 625. The maximum atomic E-state index is 12.0. The second-order valence-corrected chi connectivity index (χ2v) is 6.46. The van der Waals surface area contributed by atoms with Gasteiger partial charge in [-0.15, -0.1) is 11.3 Å². The van der Waals surface area contributed by atoms with Gasteiger partial charge < -0.3 is 5.32 Å².